The number of benzene rings is 1. The second-order valence-electron chi connectivity index (χ2n) is 3.53. The molecule has 1 N–H and O–H groups in total. The highest BCUT2D eigenvalue weighted by Gasteiger charge is 2.07. The van der Waals surface area contributed by atoms with Crippen molar-refractivity contribution in [3.05, 3.63) is 35.9 Å². The van der Waals surface area contributed by atoms with Crippen LogP contribution in [0.4, 0.5) is 0 Å². The van der Waals surface area contributed by atoms with Crippen LogP contribution in [0.15, 0.2) is 40.6 Å². The Morgan fingerprint density at radius 1 is 1.41 bits per heavy atom. The number of carboxylic acids is 1. The van der Waals surface area contributed by atoms with Gasteiger partial charge < -0.3 is 9.84 Å². The molecule has 0 aliphatic carbocycles. The molecule has 1 aromatic carbocycles. The lowest BCUT2D eigenvalue weighted by Crippen LogP contribution is -2.12. The van der Waals surface area contributed by atoms with Crippen LogP contribution in [-0.4, -0.2) is 30.3 Å². The van der Waals surface area contributed by atoms with Crippen molar-refractivity contribution in [3.8, 4) is 0 Å². The molecule has 92 valence electrons. The number of rotatable bonds is 7. The second-order valence-corrected chi connectivity index (χ2v) is 3.53. The molecule has 1 unspecified atom stereocenters. The van der Waals surface area contributed by atoms with Crippen LogP contribution in [0.3, 0.4) is 0 Å². The van der Waals surface area contributed by atoms with Gasteiger partial charge in [0.1, 0.15) is 0 Å². The predicted octanol–water partition coefficient (Wildman–Crippen LogP) is 2.13. The van der Waals surface area contributed by atoms with Gasteiger partial charge in [0.05, 0.1) is 19.8 Å². The second kappa shape index (κ2) is 7.51. The molecule has 0 aromatic heterocycles. The first-order valence-corrected chi connectivity index (χ1v) is 5.41. The molecule has 0 radical (unpaired) electrons. The Morgan fingerprint density at radius 2 is 2.12 bits per heavy atom. The van der Waals surface area contributed by atoms with Crippen molar-refractivity contribution in [2.75, 3.05) is 13.2 Å². The van der Waals surface area contributed by atoms with E-state index in [-0.39, 0.29) is 0 Å². The van der Waals surface area contributed by atoms with Gasteiger partial charge in [-0.2, -0.15) is 10.2 Å². The first-order chi connectivity index (χ1) is 8.20. The monoisotopic (exact) mass is 236 g/mol. The molecule has 0 saturated heterocycles. The van der Waals surface area contributed by atoms with Crippen molar-refractivity contribution in [2.24, 2.45) is 10.2 Å². The number of nitrogens with zero attached hydrogens (tertiary/aromatic N) is 2. The quantitative estimate of drug-likeness (QED) is 0.582. The van der Waals surface area contributed by atoms with Gasteiger partial charge in [-0.05, 0) is 12.5 Å². The zero-order valence-electron chi connectivity index (χ0n) is 9.74. The highest BCUT2D eigenvalue weighted by Crippen LogP contribution is 2.00. The van der Waals surface area contributed by atoms with E-state index < -0.39 is 12.0 Å². The zero-order chi connectivity index (χ0) is 12.5. The normalized spacial score (nSPS) is 12.8. The Hall–Kier alpha value is -1.75. The number of ether oxygens (including phenoxy) is 1. The van der Waals surface area contributed by atoms with Gasteiger partial charge in [0.25, 0.3) is 0 Å². The molecule has 0 heterocycles. The molecule has 0 aliphatic rings. The number of azo groups is 1. The van der Waals surface area contributed by atoms with Crippen molar-refractivity contribution in [2.45, 2.75) is 19.6 Å². The fraction of sp³-hybridized carbons (Fsp3) is 0.417. The lowest BCUT2D eigenvalue weighted by molar-refractivity contribution is -0.138. The summed E-state index contributed by atoms with van der Waals surface area (Å²) in [4.78, 5) is 10.4. The number of hydrogen-bond donors (Lipinski definition) is 1. The summed E-state index contributed by atoms with van der Waals surface area (Å²) in [6.45, 7) is 2.83. The number of aliphatic carboxylic acids is 1. The Balaban J connectivity index is 2.11. The van der Waals surface area contributed by atoms with Gasteiger partial charge in [-0.3, -0.25) is 0 Å². The van der Waals surface area contributed by atoms with Gasteiger partial charge in [0.2, 0.25) is 0 Å². The molecule has 0 bridgehead atoms. The van der Waals surface area contributed by atoms with Crippen molar-refractivity contribution in [3.63, 3.8) is 0 Å². The molecule has 17 heavy (non-hydrogen) atoms. The van der Waals surface area contributed by atoms with Crippen LogP contribution in [-0.2, 0) is 16.1 Å². The summed E-state index contributed by atoms with van der Waals surface area (Å²) in [5.74, 6) is -0.973. The van der Waals surface area contributed by atoms with Crippen molar-refractivity contribution in [1.29, 1.82) is 0 Å². The molecule has 1 rings (SSSR count). The van der Waals surface area contributed by atoms with E-state index in [4.69, 9.17) is 9.84 Å². The summed E-state index contributed by atoms with van der Waals surface area (Å²) in [7, 11) is 0. The largest absolute Gasteiger partial charge is 0.480 e. The summed E-state index contributed by atoms with van der Waals surface area (Å²) in [6, 6.07) is 9.02. The van der Waals surface area contributed by atoms with Gasteiger partial charge >= 0.3 is 5.97 Å². The molecular formula is C12H16N2O3. The van der Waals surface area contributed by atoms with Gasteiger partial charge in [0.15, 0.2) is 6.04 Å². The Bertz CT molecular complexity index is 365. The Labute approximate surface area is 100 Å². The summed E-state index contributed by atoms with van der Waals surface area (Å²) in [5.41, 5.74) is 1.10. The lowest BCUT2D eigenvalue weighted by Gasteiger charge is -2.02. The van der Waals surface area contributed by atoms with Gasteiger partial charge in [-0.25, -0.2) is 4.79 Å². The lowest BCUT2D eigenvalue weighted by atomic mass is 10.2. The number of carbonyl (C=O) groups is 1. The number of carboxylic acid groups (broad SMARTS) is 1. The third-order valence-corrected chi connectivity index (χ3v) is 2.06. The van der Waals surface area contributed by atoms with E-state index in [2.05, 4.69) is 10.2 Å². The van der Waals surface area contributed by atoms with E-state index in [9.17, 15) is 4.79 Å². The molecular weight excluding hydrogens is 220 g/mol. The average molecular weight is 236 g/mol. The molecule has 0 fully saturated rings. The summed E-state index contributed by atoms with van der Waals surface area (Å²) in [5, 5.41) is 15.9. The molecule has 1 atom stereocenters. The predicted molar refractivity (Wildman–Crippen MR) is 62.9 cm³/mol. The maximum Gasteiger partial charge on any atom is 0.330 e. The number of hydrogen-bond acceptors (Lipinski definition) is 4. The first kappa shape index (κ1) is 13.3. The van der Waals surface area contributed by atoms with Crippen LogP contribution in [0.2, 0.25) is 0 Å². The molecule has 0 spiro atoms. The first-order valence-electron chi connectivity index (χ1n) is 5.41. The van der Waals surface area contributed by atoms with Gasteiger partial charge in [-0.1, -0.05) is 30.3 Å². The van der Waals surface area contributed by atoms with E-state index in [0.717, 1.165) is 5.56 Å². The fourth-order valence-corrected chi connectivity index (χ4v) is 1.10. The minimum atomic E-state index is -0.973. The third-order valence-electron chi connectivity index (χ3n) is 2.06. The van der Waals surface area contributed by atoms with Crippen molar-refractivity contribution >= 4 is 5.97 Å². The highest BCUT2D eigenvalue weighted by atomic mass is 16.5. The topological polar surface area (TPSA) is 71.2 Å². The van der Waals surface area contributed by atoms with Crippen LogP contribution in [0, 0.1) is 0 Å². The molecule has 5 nitrogen and oxygen atoms in total. The van der Waals surface area contributed by atoms with E-state index in [1.165, 1.54) is 6.92 Å². The van der Waals surface area contributed by atoms with E-state index in [0.29, 0.717) is 19.8 Å². The molecule has 1 aromatic rings. The molecule has 5 heteroatoms. The van der Waals surface area contributed by atoms with Crippen molar-refractivity contribution in [1.82, 2.24) is 0 Å². The maximum atomic E-state index is 10.4. The van der Waals surface area contributed by atoms with Crippen LogP contribution in [0.5, 0.6) is 0 Å². The minimum Gasteiger partial charge on any atom is -0.480 e. The standard InChI is InChI=1S/C12H16N2O3/c1-10(12(15)16)14-13-7-8-17-9-11-5-3-2-4-6-11/h2-6,10H,7-9H2,1H3,(H,15,16). The van der Waals surface area contributed by atoms with Crippen LogP contribution in [0.25, 0.3) is 0 Å². The van der Waals surface area contributed by atoms with E-state index in [1.807, 2.05) is 30.3 Å². The van der Waals surface area contributed by atoms with Crippen molar-refractivity contribution < 1.29 is 14.6 Å². The highest BCUT2D eigenvalue weighted by molar-refractivity contribution is 5.72. The van der Waals surface area contributed by atoms with E-state index >= 15 is 0 Å². The Kier molecular flexibility index (Phi) is 5.88. The van der Waals surface area contributed by atoms with Crippen LogP contribution >= 0.6 is 0 Å². The fourth-order valence-electron chi connectivity index (χ4n) is 1.10. The molecule has 0 amide bonds. The third kappa shape index (κ3) is 5.77. The summed E-state index contributed by atoms with van der Waals surface area (Å²) >= 11 is 0. The smallest absolute Gasteiger partial charge is 0.330 e. The zero-order valence-corrected chi connectivity index (χ0v) is 9.74. The maximum absolute atomic E-state index is 10.4. The SMILES string of the molecule is CC(N=NCCOCc1ccccc1)C(=O)O. The minimum absolute atomic E-state index is 0.379. The van der Waals surface area contributed by atoms with Crippen LogP contribution in [0.1, 0.15) is 12.5 Å². The molecule has 0 aliphatic heterocycles. The summed E-state index contributed by atoms with van der Waals surface area (Å²) in [6.07, 6.45) is 0. The summed E-state index contributed by atoms with van der Waals surface area (Å²) < 4.78 is 5.36. The Morgan fingerprint density at radius 3 is 2.76 bits per heavy atom. The van der Waals surface area contributed by atoms with Gasteiger partial charge in [-0.15, -0.1) is 0 Å². The molecule has 0 saturated carbocycles. The van der Waals surface area contributed by atoms with Crippen LogP contribution < -0.4 is 0 Å². The van der Waals surface area contributed by atoms with Gasteiger partial charge in [0, 0.05) is 0 Å². The average Bonchev–Trinajstić information content (AvgIpc) is 2.34. The van der Waals surface area contributed by atoms with E-state index in [1.54, 1.807) is 0 Å².